The molecule has 0 radical (unpaired) electrons. The van der Waals surface area contributed by atoms with E-state index >= 15 is 0 Å². The van der Waals surface area contributed by atoms with Gasteiger partial charge >= 0.3 is 0 Å². The van der Waals surface area contributed by atoms with E-state index in [1.165, 1.54) is 47.1 Å². The van der Waals surface area contributed by atoms with Crippen molar-refractivity contribution in [2.75, 3.05) is 0 Å². The van der Waals surface area contributed by atoms with Gasteiger partial charge in [0.1, 0.15) is 0 Å². The number of hydrogen-bond donors (Lipinski definition) is 0. The molecule has 0 saturated heterocycles. The molecule has 200 valence electrons. The number of fused-ring (bicyclic) bond motifs is 8. The van der Waals surface area contributed by atoms with E-state index in [4.69, 9.17) is 15.0 Å². The van der Waals surface area contributed by atoms with Gasteiger partial charge in [-0.15, -0.1) is 11.3 Å². The van der Waals surface area contributed by atoms with Crippen molar-refractivity contribution in [1.82, 2.24) is 15.0 Å². The molecular weight excluding hydrogens is 543 g/mol. The molecule has 0 atom stereocenters. The first-order valence-corrected chi connectivity index (χ1v) is 15.2. The van der Waals surface area contributed by atoms with Crippen LogP contribution in [0.2, 0.25) is 0 Å². The van der Waals surface area contributed by atoms with Crippen molar-refractivity contribution in [2.24, 2.45) is 0 Å². The van der Waals surface area contributed by atoms with E-state index in [0.717, 1.165) is 22.1 Å². The second-order valence-electron chi connectivity index (χ2n) is 10.8. The standard InChI is InChI=1S/C39H23N3S/c1-2-10-25(11-3-1)37-40-38(26-18-22-36-34(23-26)32-13-6-7-16-35(32)43-36)42-39(41-37)33-15-8-14-28-30-19-17-24-9-4-5-12-27(24)29(30)20-21-31(28)33/h1-23H. The first-order valence-electron chi connectivity index (χ1n) is 14.4. The predicted molar refractivity (Wildman–Crippen MR) is 182 cm³/mol. The number of nitrogens with zero attached hydrogens (tertiary/aromatic N) is 3. The fourth-order valence-electron chi connectivity index (χ4n) is 6.26. The van der Waals surface area contributed by atoms with Gasteiger partial charge in [-0.3, -0.25) is 0 Å². The predicted octanol–water partition coefficient (Wildman–Crippen LogP) is 10.7. The summed E-state index contributed by atoms with van der Waals surface area (Å²) in [5, 5.41) is 9.79. The van der Waals surface area contributed by atoms with Crippen LogP contribution in [-0.4, -0.2) is 15.0 Å². The highest BCUT2D eigenvalue weighted by molar-refractivity contribution is 7.25. The normalized spacial score (nSPS) is 11.7. The average molecular weight is 566 g/mol. The SMILES string of the molecule is c1ccc(-c2nc(-c3ccc4sc5ccccc5c4c3)nc(-c3cccc4c3ccc3c5ccccc5ccc43)n2)cc1. The number of hydrogen-bond acceptors (Lipinski definition) is 4. The molecule has 4 heteroatoms. The van der Waals surface area contributed by atoms with E-state index in [9.17, 15) is 0 Å². The molecule has 0 amide bonds. The van der Waals surface area contributed by atoms with Crippen molar-refractivity contribution in [3.05, 3.63) is 140 Å². The van der Waals surface area contributed by atoms with Gasteiger partial charge in [-0.2, -0.15) is 0 Å². The lowest BCUT2D eigenvalue weighted by atomic mass is 9.95. The topological polar surface area (TPSA) is 38.7 Å². The Hall–Kier alpha value is -5.45. The highest BCUT2D eigenvalue weighted by atomic mass is 32.1. The van der Waals surface area contributed by atoms with Crippen LogP contribution in [0.5, 0.6) is 0 Å². The van der Waals surface area contributed by atoms with Crippen molar-refractivity contribution < 1.29 is 0 Å². The Morgan fingerprint density at radius 2 is 0.977 bits per heavy atom. The summed E-state index contributed by atoms with van der Waals surface area (Å²) in [4.78, 5) is 15.2. The Labute approximate surface area is 251 Å². The molecule has 0 bridgehead atoms. The summed E-state index contributed by atoms with van der Waals surface area (Å²) in [6, 6.07) is 49.2. The van der Waals surface area contributed by atoms with Crippen LogP contribution in [0.3, 0.4) is 0 Å². The molecule has 0 N–H and O–H groups in total. The summed E-state index contributed by atoms with van der Waals surface area (Å²) in [5.74, 6) is 2.01. The van der Waals surface area contributed by atoms with Gasteiger partial charge in [0.15, 0.2) is 17.5 Å². The van der Waals surface area contributed by atoms with Gasteiger partial charge < -0.3 is 0 Å². The van der Waals surface area contributed by atoms with Crippen molar-refractivity contribution in [3.63, 3.8) is 0 Å². The summed E-state index contributed by atoms with van der Waals surface area (Å²) >= 11 is 1.82. The van der Waals surface area contributed by atoms with E-state index < -0.39 is 0 Å². The largest absolute Gasteiger partial charge is 0.208 e. The van der Waals surface area contributed by atoms with E-state index in [0.29, 0.717) is 17.5 Å². The minimum absolute atomic E-state index is 0.666. The van der Waals surface area contributed by atoms with Crippen LogP contribution in [0, 0.1) is 0 Å². The maximum atomic E-state index is 5.13. The molecular formula is C39H23N3S. The van der Waals surface area contributed by atoms with Crippen LogP contribution in [-0.2, 0) is 0 Å². The fourth-order valence-corrected chi connectivity index (χ4v) is 7.34. The molecule has 0 saturated carbocycles. The number of benzene rings is 7. The van der Waals surface area contributed by atoms with Gasteiger partial charge in [-0.1, -0.05) is 115 Å². The Morgan fingerprint density at radius 1 is 0.349 bits per heavy atom. The molecule has 43 heavy (non-hydrogen) atoms. The molecule has 2 heterocycles. The molecule has 0 spiro atoms. The van der Waals surface area contributed by atoms with E-state index in [2.05, 4.69) is 121 Å². The number of rotatable bonds is 3. The number of thiophene rings is 1. The van der Waals surface area contributed by atoms with Gasteiger partial charge in [0.2, 0.25) is 0 Å². The second kappa shape index (κ2) is 9.55. The fraction of sp³-hybridized carbons (Fsp3) is 0. The van der Waals surface area contributed by atoms with Crippen LogP contribution in [0.4, 0.5) is 0 Å². The first-order chi connectivity index (χ1) is 21.3. The highest BCUT2D eigenvalue weighted by Crippen LogP contribution is 2.38. The van der Waals surface area contributed by atoms with Gasteiger partial charge in [0, 0.05) is 36.9 Å². The Morgan fingerprint density at radius 3 is 1.88 bits per heavy atom. The van der Waals surface area contributed by atoms with Gasteiger partial charge in [-0.25, -0.2) is 15.0 Å². The van der Waals surface area contributed by atoms with E-state index in [1.807, 2.05) is 29.5 Å². The zero-order valence-electron chi connectivity index (χ0n) is 23.0. The Kier molecular flexibility index (Phi) is 5.37. The monoisotopic (exact) mass is 565 g/mol. The molecule has 0 aliphatic heterocycles. The molecule has 0 aliphatic rings. The maximum Gasteiger partial charge on any atom is 0.164 e. The Balaban J connectivity index is 1.29. The van der Waals surface area contributed by atoms with Crippen molar-refractivity contribution in [2.45, 2.75) is 0 Å². The van der Waals surface area contributed by atoms with Gasteiger partial charge in [-0.05, 0) is 56.6 Å². The summed E-state index contributed by atoms with van der Waals surface area (Å²) in [6.07, 6.45) is 0. The van der Waals surface area contributed by atoms with Crippen molar-refractivity contribution in [1.29, 1.82) is 0 Å². The Bertz CT molecular complexity index is 2510. The van der Waals surface area contributed by atoms with Crippen LogP contribution < -0.4 is 0 Å². The van der Waals surface area contributed by atoms with Crippen LogP contribution in [0.1, 0.15) is 0 Å². The summed E-state index contributed by atoms with van der Waals surface area (Å²) < 4.78 is 2.54. The lowest BCUT2D eigenvalue weighted by Crippen LogP contribution is -2.00. The average Bonchev–Trinajstić information content (AvgIpc) is 3.46. The maximum absolute atomic E-state index is 5.13. The third-order valence-electron chi connectivity index (χ3n) is 8.33. The molecule has 0 unspecified atom stereocenters. The van der Waals surface area contributed by atoms with Crippen LogP contribution in [0.25, 0.3) is 86.7 Å². The van der Waals surface area contributed by atoms with Crippen LogP contribution in [0.15, 0.2) is 140 Å². The minimum atomic E-state index is 0.666. The lowest BCUT2D eigenvalue weighted by Gasteiger charge is -2.12. The zero-order valence-corrected chi connectivity index (χ0v) is 23.8. The van der Waals surface area contributed by atoms with Gasteiger partial charge in [0.05, 0.1) is 0 Å². The summed E-state index contributed by atoms with van der Waals surface area (Å²) in [7, 11) is 0. The number of aromatic nitrogens is 3. The molecule has 0 aliphatic carbocycles. The zero-order chi connectivity index (χ0) is 28.3. The third kappa shape index (κ3) is 3.92. The van der Waals surface area contributed by atoms with E-state index in [1.54, 1.807) is 0 Å². The smallest absolute Gasteiger partial charge is 0.164 e. The molecule has 7 aromatic carbocycles. The van der Waals surface area contributed by atoms with Crippen molar-refractivity contribution in [3.8, 4) is 34.2 Å². The summed E-state index contributed by atoms with van der Waals surface area (Å²) in [6.45, 7) is 0. The molecule has 9 aromatic rings. The molecule has 2 aromatic heterocycles. The molecule has 9 rings (SSSR count). The lowest BCUT2D eigenvalue weighted by molar-refractivity contribution is 1.08. The quantitative estimate of drug-likeness (QED) is 0.200. The second-order valence-corrected chi connectivity index (χ2v) is 11.9. The van der Waals surface area contributed by atoms with Crippen molar-refractivity contribution >= 4 is 63.8 Å². The highest BCUT2D eigenvalue weighted by Gasteiger charge is 2.16. The summed E-state index contributed by atoms with van der Waals surface area (Å²) in [5.41, 5.74) is 2.94. The first kappa shape index (κ1) is 24.2. The third-order valence-corrected chi connectivity index (χ3v) is 9.48. The van der Waals surface area contributed by atoms with Crippen LogP contribution >= 0.6 is 11.3 Å². The van der Waals surface area contributed by atoms with Gasteiger partial charge in [0.25, 0.3) is 0 Å². The van der Waals surface area contributed by atoms with E-state index in [-0.39, 0.29) is 0 Å². The molecule has 0 fully saturated rings. The molecule has 3 nitrogen and oxygen atoms in total. The minimum Gasteiger partial charge on any atom is -0.208 e.